The predicted octanol–water partition coefficient (Wildman–Crippen LogP) is 2.00. The Morgan fingerprint density at radius 2 is 1.86 bits per heavy atom. The van der Waals surface area contributed by atoms with Gasteiger partial charge in [0.25, 0.3) is 5.91 Å². The number of carbonyl (C=O) groups excluding carboxylic acids is 2. The summed E-state index contributed by atoms with van der Waals surface area (Å²) >= 11 is 0. The fourth-order valence-corrected chi connectivity index (χ4v) is 3.58. The first kappa shape index (κ1) is 20.6. The lowest BCUT2D eigenvalue weighted by molar-refractivity contribution is -0.884. The lowest BCUT2D eigenvalue weighted by atomic mass is 10.1. The third kappa shape index (κ3) is 4.84. The van der Waals surface area contributed by atoms with E-state index >= 15 is 0 Å². The van der Waals surface area contributed by atoms with Crippen LogP contribution in [0.15, 0.2) is 53.1 Å². The number of aryl methyl sites for hydroxylation is 1. The van der Waals surface area contributed by atoms with Gasteiger partial charge in [0.1, 0.15) is 18.8 Å². The van der Waals surface area contributed by atoms with Gasteiger partial charge in [-0.1, -0.05) is 12.1 Å². The van der Waals surface area contributed by atoms with E-state index in [9.17, 15) is 9.59 Å². The van der Waals surface area contributed by atoms with Crippen molar-refractivity contribution in [1.82, 2.24) is 9.88 Å². The molecule has 2 N–H and O–H groups in total. The zero-order valence-electron chi connectivity index (χ0n) is 17.4. The number of nitrogens with zero attached hydrogens (tertiary/aromatic N) is 1. The molecule has 0 radical (unpaired) electrons. The van der Waals surface area contributed by atoms with Gasteiger partial charge in [-0.05, 0) is 44.2 Å². The van der Waals surface area contributed by atoms with Crippen LogP contribution in [0.1, 0.15) is 43.4 Å². The molecule has 2 heterocycles. The molecule has 0 saturated heterocycles. The highest BCUT2D eigenvalue weighted by Gasteiger charge is 2.20. The Kier molecular flexibility index (Phi) is 6.34. The highest BCUT2D eigenvalue weighted by Crippen LogP contribution is 2.17. The Morgan fingerprint density at radius 1 is 1.14 bits per heavy atom. The molecule has 6 nitrogen and oxygen atoms in total. The summed E-state index contributed by atoms with van der Waals surface area (Å²) in [5, 5.41) is 2.61. The number of carbonyl (C=O) groups is 2. The van der Waals surface area contributed by atoms with Crippen molar-refractivity contribution in [1.29, 1.82) is 0 Å². The number of Topliss-reactive ketones (excluding diaryl/α,β-unsaturated/α-hetero) is 1. The number of amides is 1. The number of quaternary nitrogens is 1. The molecular weight excluding hydrogens is 366 g/mol. The first-order valence-electron chi connectivity index (χ1n) is 9.73. The SMILES string of the molecule is CNC(=O)c1ccc(C[NH+](C)CC(=O)c2cc(C)n(Cc3ccco3)c2C)cc1. The third-order valence-corrected chi connectivity index (χ3v) is 5.18. The van der Waals surface area contributed by atoms with Crippen LogP contribution in [0.3, 0.4) is 0 Å². The van der Waals surface area contributed by atoms with Crippen LogP contribution in [0.2, 0.25) is 0 Å². The number of likely N-dealkylation sites (N-methyl/N-ethyl adjacent to an activating group) is 1. The second kappa shape index (κ2) is 8.92. The molecule has 0 spiro atoms. The van der Waals surface area contributed by atoms with Crippen LogP contribution in [0.4, 0.5) is 0 Å². The number of rotatable bonds is 8. The van der Waals surface area contributed by atoms with Crippen molar-refractivity contribution < 1.29 is 18.9 Å². The van der Waals surface area contributed by atoms with E-state index < -0.39 is 0 Å². The van der Waals surface area contributed by atoms with Crippen molar-refractivity contribution in [3.8, 4) is 0 Å². The topological polar surface area (TPSA) is 68.7 Å². The lowest BCUT2D eigenvalue weighted by Crippen LogP contribution is -3.08. The molecule has 29 heavy (non-hydrogen) atoms. The molecule has 6 heteroatoms. The monoisotopic (exact) mass is 394 g/mol. The molecule has 1 aromatic carbocycles. The maximum atomic E-state index is 12.9. The molecule has 0 aliphatic heterocycles. The zero-order valence-corrected chi connectivity index (χ0v) is 17.4. The second-order valence-corrected chi connectivity index (χ2v) is 7.46. The van der Waals surface area contributed by atoms with Gasteiger partial charge in [-0.2, -0.15) is 0 Å². The van der Waals surface area contributed by atoms with E-state index in [4.69, 9.17) is 4.42 Å². The first-order valence-corrected chi connectivity index (χ1v) is 9.73. The molecule has 0 fully saturated rings. The summed E-state index contributed by atoms with van der Waals surface area (Å²) in [5.41, 5.74) is 4.50. The molecule has 1 unspecified atom stereocenters. The predicted molar refractivity (Wildman–Crippen MR) is 111 cm³/mol. The van der Waals surface area contributed by atoms with Crippen LogP contribution < -0.4 is 10.2 Å². The van der Waals surface area contributed by atoms with Gasteiger partial charge in [-0.25, -0.2) is 0 Å². The summed E-state index contributed by atoms with van der Waals surface area (Å²) < 4.78 is 7.55. The van der Waals surface area contributed by atoms with Crippen LogP contribution in [0.25, 0.3) is 0 Å². The van der Waals surface area contributed by atoms with Gasteiger partial charge in [0.2, 0.25) is 5.78 Å². The molecule has 152 valence electrons. The molecule has 1 amide bonds. The highest BCUT2D eigenvalue weighted by molar-refractivity contribution is 5.98. The fourth-order valence-electron chi connectivity index (χ4n) is 3.58. The minimum absolute atomic E-state index is 0.0997. The normalized spacial score (nSPS) is 12.0. The molecule has 3 aromatic rings. The molecule has 3 rings (SSSR count). The largest absolute Gasteiger partial charge is 0.467 e. The van der Waals surface area contributed by atoms with Gasteiger partial charge in [-0.3, -0.25) is 9.59 Å². The number of aromatic nitrogens is 1. The summed E-state index contributed by atoms with van der Waals surface area (Å²) in [6.07, 6.45) is 1.66. The average molecular weight is 394 g/mol. The van der Waals surface area contributed by atoms with Crippen LogP contribution in [-0.2, 0) is 13.1 Å². The van der Waals surface area contributed by atoms with Crippen molar-refractivity contribution in [2.24, 2.45) is 0 Å². The standard InChI is InChI=1S/C23H27N3O3/c1-16-12-21(17(2)26(16)14-20-6-5-11-29-20)22(27)15-25(4)13-18-7-9-19(10-8-18)23(28)24-3/h5-12H,13-15H2,1-4H3,(H,24,28)/p+1. The summed E-state index contributed by atoms with van der Waals surface area (Å²) in [7, 11) is 3.62. The van der Waals surface area contributed by atoms with Crippen LogP contribution >= 0.6 is 0 Å². The van der Waals surface area contributed by atoms with E-state index in [-0.39, 0.29) is 11.7 Å². The molecule has 0 bridgehead atoms. The van der Waals surface area contributed by atoms with Crippen molar-refractivity contribution in [2.75, 3.05) is 20.6 Å². The molecule has 1 atom stereocenters. The highest BCUT2D eigenvalue weighted by atomic mass is 16.3. The summed E-state index contributed by atoms with van der Waals surface area (Å²) in [6.45, 7) is 5.73. The maximum Gasteiger partial charge on any atom is 0.251 e. The summed E-state index contributed by atoms with van der Waals surface area (Å²) in [4.78, 5) is 25.6. The van der Waals surface area contributed by atoms with Crippen molar-refractivity contribution in [2.45, 2.75) is 26.9 Å². The van der Waals surface area contributed by atoms with Crippen molar-refractivity contribution >= 4 is 11.7 Å². The first-order chi connectivity index (χ1) is 13.9. The van der Waals surface area contributed by atoms with Crippen molar-refractivity contribution in [3.05, 3.63) is 82.6 Å². The zero-order chi connectivity index (χ0) is 21.0. The number of benzene rings is 1. The molecule has 0 saturated carbocycles. The van der Waals surface area contributed by atoms with Crippen LogP contribution in [-0.4, -0.2) is 36.9 Å². The smallest absolute Gasteiger partial charge is 0.251 e. The van der Waals surface area contributed by atoms with Gasteiger partial charge < -0.3 is 19.2 Å². The molecule has 2 aromatic heterocycles. The van der Waals surface area contributed by atoms with Gasteiger partial charge >= 0.3 is 0 Å². The average Bonchev–Trinajstić information content (AvgIpc) is 3.31. The lowest BCUT2D eigenvalue weighted by Gasteiger charge is -2.14. The number of nitrogens with one attached hydrogen (secondary N) is 2. The number of ketones is 1. The van der Waals surface area contributed by atoms with E-state index in [2.05, 4.69) is 9.88 Å². The molecular formula is C23H28N3O3+. The van der Waals surface area contributed by atoms with E-state index in [1.54, 1.807) is 13.3 Å². The van der Waals surface area contributed by atoms with E-state index in [0.717, 1.165) is 33.2 Å². The van der Waals surface area contributed by atoms with Crippen molar-refractivity contribution in [3.63, 3.8) is 0 Å². The van der Waals surface area contributed by atoms with Crippen LogP contribution in [0.5, 0.6) is 0 Å². The quantitative estimate of drug-likeness (QED) is 0.574. The minimum Gasteiger partial charge on any atom is -0.467 e. The fraction of sp³-hybridized carbons (Fsp3) is 0.304. The van der Waals surface area contributed by atoms with Gasteiger partial charge in [-0.15, -0.1) is 0 Å². The maximum absolute atomic E-state index is 12.9. The third-order valence-electron chi connectivity index (χ3n) is 5.18. The van der Waals surface area contributed by atoms with Gasteiger partial charge in [0, 0.05) is 35.1 Å². The number of furan rings is 1. The minimum atomic E-state index is -0.0997. The van der Waals surface area contributed by atoms with E-state index in [1.165, 1.54) is 0 Å². The number of hydrogen-bond donors (Lipinski definition) is 2. The Balaban J connectivity index is 1.64. The Labute approximate surface area is 171 Å². The molecule has 0 aliphatic carbocycles. The van der Waals surface area contributed by atoms with Crippen LogP contribution in [0, 0.1) is 13.8 Å². The Morgan fingerprint density at radius 3 is 2.48 bits per heavy atom. The summed E-state index contributed by atoms with van der Waals surface area (Å²) in [5.74, 6) is 0.898. The molecule has 0 aliphatic rings. The summed E-state index contributed by atoms with van der Waals surface area (Å²) in [6, 6.07) is 13.3. The second-order valence-electron chi connectivity index (χ2n) is 7.46. The Bertz CT molecular complexity index is 985. The van der Waals surface area contributed by atoms with E-state index in [1.807, 2.05) is 63.4 Å². The van der Waals surface area contributed by atoms with E-state index in [0.29, 0.717) is 25.2 Å². The Hall–Kier alpha value is -3.12. The van der Waals surface area contributed by atoms with Gasteiger partial charge in [0.15, 0.2) is 0 Å². The van der Waals surface area contributed by atoms with Gasteiger partial charge in [0.05, 0.1) is 19.9 Å². The number of hydrogen-bond acceptors (Lipinski definition) is 3.